The molecule has 0 radical (unpaired) electrons. The third-order valence-electron chi connectivity index (χ3n) is 2.98. The SMILES string of the molecule is O=[N+]([O-])c1cc(Cc2cc(Cl)ccc2O)c(O)c([N+](=O)[O-])c1. The molecule has 9 heteroatoms. The molecule has 2 rings (SSSR count). The second kappa shape index (κ2) is 5.86. The van der Waals surface area contributed by atoms with E-state index in [9.17, 15) is 30.4 Å². The quantitative estimate of drug-likeness (QED) is 0.657. The van der Waals surface area contributed by atoms with Crippen LogP contribution in [0.15, 0.2) is 30.3 Å². The molecular formula is C13H9ClN2O6. The average molecular weight is 325 g/mol. The van der Waals surface area contributed by atoms with E-state index in [-0.39, 0.29) is 23.3 Å². The van der Waals surface area contributed by atoms with Crippen LogP contribution in [0.4, 0.5) is 11.4 Å². The summed E-state index contributed by atoms with van der Waals surface area (Å²) in [5, 5.41) is 41.7. The molecule has 8 nitrogen and oxygen atoms in total. The van der Waals surface area contributed by atoms with Gasteiger partial charge in [0.15, 0.2) is 5.75 Å². The summed E-state index contributed by atoms with van der Waals surface area (Å²) in [6, 6.07) is 5.86. The van der Waals surface area contributed by atoms with Crippen molar-refractivity contribution in [2.24, 2.45) is 0 Å². The van der Waals surface area contributed by atoms with Gasteiger partial charge in [-0.15, -0.1) is 0 Å². The van der Waals surface area contributed by atoms with Gasteiger partial charge in [-0.1, -0.05) is 11.6 Å². The summed E-state index contributed by atoms with van der Waals surface area (Å²) in [6.45, 7) is 0. The van der Waals surface area contributed by atoms with Gasteiger partial charge in [0, 0.05) is 23.1 Å². The average Bonchev–Trinajstić information content (AvgIpc) is 2.44. The normalized spacial score (nSPS) is 10.4. The molecule has 0 fully saturated rings. The Morgan fingerprint density at radius 3 is 2.27 bits per heavy atom. The van der Waals surface area contributed by atoms with Gasteiger partial charge in [-0.05, 0) is 23.8 Å². The molecule has 0 aromatic heterocycles. The maximum atomic E-state index is 10.9. The highest BCUT2D eigenvalue weighted by Gasteiger charge is 2.24. The van der Waals surface area contributed by atoms with Crippen molar-refractivity contribution in [2.45, 2.75) is 6.42 Å². The Labute approximate surface area is 128 Å². The van der Waals surface area contributed by atoms with E-state index < -0.39 is 27.0 Å². The number of phenolic OH excluding ortho intramolecular Hbond substituents is 2. The maximum absolute atomic E-state index is 10.9. The van der Waals surface area contributed by atoms with Gasteiger partial charge < -0.3 is 10.2 Å². The number of non-ortho nitro benzene ring substituents is 1. The summed E-state index contributed by atoms with van der Waals surface area (Å²) >= 11 is 5.80. The van der Waals surface area contributed by atoms with Gasteiger partial charge in [0.05, 0.1) is 15.9 Å². The van der Waals surface area contributed by atoms with Crippen LogP contribution in [0.3, 0.4) is 0 Å². The van der Waals surface area contributed by atoms with Crippen LogP contribution in [0.25, 0.3) is 0 Å². The zero-order valence-corrected chi connectivity index (χ0v) is 11.6. The topological polar surface area (TPSA) is 127 Å². The van der Waals surface area contributed by atoms with Crippen molar-refractivity contribution in [1.82, 2.24) is 0 Å². The molecule has 0 unspecified atom stereocenters. The van der Waals surface area contributed by atoms with Crippen LogP contribution in [0.5, 0.6) is 11.5 Å². The second-order valence-corrected chi connectivity index (χ2v) is 4.87. The fraction of sp³-hybridized carbons (Fsp3) is 0.0769. The van der Waals surface area contributed by atoms with E-state index in [2.05, 4.69) is 0 Å². The molecule has 0 spiro atoms. The highest BCUT2D eigenvalue weighted by atomic mass is 35.5. The van der Waals surface area contributed by atoms with E-state index >= 15 is 0 Å². The number of hydrogen-bond acceptors (Lipinski definition) is 6. The number of benzene rings is 2. The molecule has 0 saturated carbocycles. The number of nitro benzene ring substituents is 2. The second-order valence-electron chi connectivity index (χ2n) is 4.44. The van der Waals surface area contributed by atoms with E-state index in [1.807, 2.05) is 0 Å². The summed E-state index contributed by atoms with van der Waals surface area (Å²) in [5.74, 6) is -0.826. The fourth-order valence-corrected chi connectivity index (χ4v) is 2.14. The molecule has 0 aliphatic heterocycles. The van der Waals surface area contributed by atoms with Crippen molar-refractivity contribution >= 4 is 23.0 Å². The van der Waals surface area contributed by atoms with Gasteiger partial charge in [-0.3, -0.25) is 20.2 Å². The number of nitrogens with zero attached hydrogens (tertiary/aromatic N) is 2. The molecule has 0 bridgehead atoms. The Hall–Kier alpha value is -2.87. The smallest absolute Gasteiger partial charge is 0.317 e. The van der Waals surface area contributed by atoms with E-state index in [0.717, 1.165) is 6.07 Å². The minimum Gasteiger partial charge on any atom is -0.508 e. The largest absolute Gasteiger partial charge is 0.508 e. The predicted molar refractivity (Wildman–Crippen MR) is 77.3 cm³/mol. The highest BCUT2D eigenvalue weighted by molar-refractivity contribution is 6.30. The fourth-order valence-electron chi connectivity index (χ4n) is 1.94. The molecule has 0 aliphatic carbocycles. The summed E-state index contributed by atoms with van der Waals surface area (Å²) in [5.41, 5.74) is -1.08. The number of aromatic hydroxyl groups is 2. The molecule has 2 aromatic rings. The van der Waals surface area contributed by atoms with Crippen molar-refractivity contribution < 1.29 is 20.1 Å². The zero-order valence-electron chi connectivity index (χ0n) is 10.9. The summed E-state index contributed by atoms with van der Waals surface area (Å²) < 4.78 is 0. The molecule has 0 heterocycles. The lowest BCUT2D eigenvalue weighted by molar-refractivity contribution is -0.394. The van der Waals surface area contributed by atoms with Crippen molar-refractivity contribution in [2.75, 3.05) is 0 Å². The molecule has 0 saturated heterocycles. The highest BCUT2D eigenvalue weighted by Crippen LogP contribution is 2.36. The molecule has 22 heavy (non-hydrogen) atoms. The molecule has 0 atom stereocenters. The van der Waals surface area contributed by atoms with Crippen LogP contribution in [0.2, 0.25) is 5.02 Å². The molecule has 0 aliphatic rings. The number of nitro groups is 2. The monoisotopic (exact) mass is 324 g/mol. The van der Waals surface area contributed by atoms with Crippen molar-refractivity contribution in [3.8, 4) is 11.5 Å². The number of hydrogen-bond donors (Lipinski definition) is 2. The van der Waals surface area contributed by atoms with Crippen molar-refractivity contribution in [3.05, 3.63) is 66.7 Å². The first-order chi connectivity index (χ1) is 10.3. The lowest BCUT2D eigenvalue weighted by Crippen LogP contribution is -1.98. The molecular weight excluding hydrogens is 316 g/mol. The third kappa shape index (κ3) is 3.07. The predicted octanol–water partition coefficient (Wildman–Crippen LogP) is 3.16. The van der Waals surface area contributed by atoms with E-state index in [4.69, 9.17) is 11.6 Å². The molecule has 0 amide bonds. The van der Waals surface area contributed by atoms with Gasteiger partial charge in [0.25, 0.3) is 5.69 Å². The zero-order chi connectivity index (χ0) is 16.4. The van der Waals surface area contributed by atoms with Crippen LogP contribution in [-0.2, 0) is 6.42 Å². The number of rotatable bonds is 4. The molecule has 2 N–H and O–H groups in total. The van der Waals surface area contributed by atoms with Crippen LogP contribution >= 0.6 is 11.6 Å². The van der Waals surface area contributed by atoms with Gasteiger partial charge in [0.1, 0.15) is 5.75 Å². The Bertz CT molecular complexity index is 777. The van der Waals surface area contributed by atoms with E-state index in [1.165, 1.54) is 18.2 Å². The van der Waals surface area contributed by atoms with Gasteiger partial charge >= 0.3 is 5.69 Å². The molecule has 114 valence electrons. The summed E-state index contributed by atoms with van der Waals surface area (Å²) in [4.78, 5) is 20.0. The lowest BCUT2D eigenvalue weighted by atomic mass is 10.0. The van der Waals surface area contributed by atoms with Crippen LogP contribution in [0.1, 0.15) is 11.1 Å². The van der Waals surface area contributed by atoms with Gasteiger partial charge in [0.2, 0.25) is 0 Å². The lowest BCUT2D eigenvalue weighted by Gasteiger charge is -2.08. The Balaban J connectivity index is 2.56. The third-order valence-corrected chi connectivity index (χ3v) is 3.22. The first-order valence-corrected chi connectivity index (χ1v) is 6.29. The minimum atomic E-state index is -0.913. The van der Waals surface area contributed by atoms with E-state index in [1.54, 1.807) is 0 Å². The van der Waals surface area contributed by atoms with Crippen molar-refractivity contribution in [1.29, 1.82) is 0 Å². The maximum Gasteiger partial charge on any atom is 0.317 e. The first-order valence-electron chi connectivity index (χ1n) is 5.91. The Kier molecular flexibility index (Phi) is 4.13. The van der Waals surface area contributed by atoms with Gasteiger partial charge in [-0.25, -0.2) is 0 Å². The minimum absolute atomic E-state index is 0.0570. The summed E-state index contributed by atoms with van der Waals surface area (Å²) in [6.07, 6.45) is -0.152. The first kappa shape index (κ1) is 15.5. The number of phenols is 2. The Morgan fingerprint density at radius 2 is 1.68 bits per heavy atom. The van der Waals surface area contributed by atoms with Gasteiger partial charge in [-0.2, -0.15) is 0 Å². The number of halogens is 1. The van der Waals surface area contributed by atoms with Crippen LogP contribution in [-0.4, -0.2) is 20.1 Å². The van der Waals surface area contributed by atoms with Crippen LogP contribution < -0.4 is 0 Å². The Morgan fingerprint density at radius 1 is 1.00 bits per heavy atom. The van der Waals surface area contributed by atoms with Crippen molar-refractivity contribution in [3.63, 3.8) is 0 Å². The standard InChI is InChI=1S/C13H9ClN2O6/c14-9-1-2-12(17)7(4-9)3-8-5-10(15(19)20)6-11(13(8)18)16(21)22/h1-2,4-6,17-18H,3H2. The molecule has 2 aromatic carbocycles. The van der Waals surface area contributed by atoms with Crippen LogP contribution in [0, 0.1) is 20.2 Å². The van der Waals surface area contributed by atoms with E-state index in [0.29, 0.717) is 11.1 Å². The summed E-state index contributed by atoms with van der Waals surface area (Å²) in [7, 11) is 0.